The lowest BCUT2D eigenvalue weighted by Gasteiger charge is -2.09. The van der Waals surface area contributed by atoms with Crippen molar-refractivity contribution >= 4 is 21.8 Å². The van der Waals surface area contributed by atoms with Crippen LogP contribution in [0.2, 0.25) is 0 Å². The zero-order valence-corrected chi connectivity index (χ0v) is 14.9. The molecule has 0 saturated heterocycles. The fraction of sp³-hybridized carbons (Fsp3) is 0.111. The fourth-order valence-electron chi connectivity index (χ4n) is 2.34. The second-order valence-electron chi connectivity index (χ2n) is 5.55. The van der Waals surface area contributed by atoms with Gasteiger partial charge in [-0.25, -0.2) is 0 Å². The van der Waals surface area contributed by atoms with Crippen LogP contribution in [0.4, 0.5) is 13.2 Å². The number of alkyl halides is 3. The SMILES string of the molecule is O=C(NCc1cccc(C(F)(F)F)c1)c1cc(-c2ccc(Br)cc2)n[nH]1. The minimum absolute atomic E-state index is 0.0185. The Kier molecular flexibility index (Phi) is 5.13. The number of carbonyl (C=O) groups excluding carboxylic acids is 1. The number of benzene rings is 2. The quantitative estimate of drug-likeness (QED) is 0.633. The lowest BCUT2D eigenvalue weighted by molar-refractivity contribution is -0.137. The van der Waals surface area contributed by atoms with E-state index in [1.54, 1.807) is 6.07 Å². The first-order valence-corrected chi connectivity index (χ1v) is 8.38. The molecule has 0 bridgehead atoms. The molecule has 0 aliphatic carbocycles. The number of rotatable bonds is 4. The molecule has 26 heavy (non-hydrogen) atoms. The predicted molar refractivity (Wildman–Crippen MR) is 94.3 cm³/mol. The molecule has 8 heteroatoms. The maximum absolute atomic E-state index is 12.7. The van der Waals surface area contributed by atoms with Gasteiger partial charge in [0.1, 0.15) is 5.69 Å². The van der Waals surface area contributed by atoms with Crippen molar-refractivity contribution in [2.75, 3.05) is 0 Å². The molecule has 0 saturated carbocycles. The van der Waals surface area contributed by atoms with Gasteiger partial charge in [0, 0.05) is 16.6 Å². The van der Waals surface area contributed by atoms with E-state index in [4.69, 9.17) is 0 Å². The van der Waals surface area contributed by atoms with Gasteiger partial charge in [-0.2, -0.15) is 18.3 Å². The summed E-state index contributed by atoms with van der Waals surface area (Å²) in [6.07, 6.45) is -4.41. The van der Waals surface area contributed by atoms with Gasteiger partial charge in [0.25, 0.3) is 5.91 Å². The number of aromatic amines is 1. The Labute approximate surface area is 155 Å². The van der Waals surface area contributed by atoms with Gasteiger partial charge in [-0.15, -0.1) is 0 Å². The van der Waals surface area contributed by atoms with Gasteiger partial charge in [-0.1, -0.05) is 40.2 Å². The van der Waals surface area contributed by atoms with Crippen molar-refractivity contribution in [3.8, 4) is 11.3 Å². The van der Waals surface area contributed by atoms with Gasteiger partial charge in [-0.05, 0) is 35.9 Å². The van der Waals surface area contributed by atoms with Crippen LogP contribution in [0, 0.1) is 0 Å². The van der Waals surface area contributed by atoms with Crippen LogP contribution in [0.1, 0.15) is 21.6 Å². The van der Waals surface area contributed by atoms with E-state index in [-0.39, 0.29) is 12.2 Å². The second-order valence-corrected chi connectivity index (χ2v) is 6.47. The number of halogens is 4. The number of nitrogens with one attached hydrogen (secondary N) is 2. The molecule has 0 radical (unpaired) electrons. The van der Waals surface area contributed by atoms with E-state index in [9.17, 15) is 18.0 Å². The Morgan fingerprint density at radius 1 is 1.12 bits per heavy atom. The van der Waals surface area contributed by atoms with E-state index in [1.807, 2.05) is 24.3 Å². The van der Waals surface area contributed by atoms with Crippen LogP contribution in [-0.4, -0.2) is 16.1 Å². The molecule has 3 rings (SSSR count). The highest BCUT2D eigenvalue weighted by Crippen LogP contribution is 2.29. The van der Waals surface area contributed by atoms with Crippen molar-refractivity contribution in [3.63, 3.8) is 0 Å². The Hall–Kier alpha value is -2.61. The van der Waals surface area contributed by atoms with Gasteiger partial charge in [-0.3, -0.25) is 9.89 Å². The monoisotopic (exact) mass is 423 g/mol. The van der Waals surface area contributed by atoms with Crippen LogP contribution < -0.4 is 5.32 Å². The smallest absolute Gasteiger partial charge is 0.347 e. The Balaban J connectivity index is 1.67. The van der Waals surface area contributed by atoms with Gasteiger partial charge in [0.2, 0.25) is 0 Å². The fourth-order valence-corrected chi connectivity index (χ4v) is 2.61. The minimum atomic E-state index is -4.41. The van der Waals surface area contributed by atoms with E-state index >= 15 is 0 Å². The Bertz CT molecular complexity index is 920. The molecule has 0 atom stereocenters. The zero-order valence-electron chi connectivity index (χ0n) is 13.3. The third-order valence-corrected chi connectivity index (χ3v) is 4.20. The van der Waals surface area contributed by atoms with Crippen LogP contribution in [0.25, 0.3) is 11.3 Å². The molecule has 1 amide bonds. The normalized spacial score (nSPS) is 11.4. The van der Waals surface area contributed by atoms with Crippen LogP contribution in [0.15, 0.2) is 59.1 Å². The highest BCUT2D eigenvalue weighted by atomic mass is 79.9. The van der Waals surface area contributed by atoms with Crippen molar-refractivity contribution < 1.29 is 18.0 Å². The molecule has 0 fully saturated rings. The second kappa shape index (κ2) is 7.33. The number of hydrogen-bond acceptors (Lipinski definition) is 2. The van der Waals surface area contributed by atoms with E-state index in [2.05, 4.69) is 31.4 Å². The van der Waals surface area contributed by atoms with Gasteiger partial charge in [0.15, 0.2) is 0 Å². The molecule has 1 aromatic heterocycles. The van der Waals surface area contributed by atoms with Crippen LogP contribution in [0.5, 0.6) is 0 Å². The molecule has 4 nitrogen and oxygen atoms in total. The average Bonchev–Trinajstić information content (AvgIpc) is 3.10. The first-order valence-electron chi connectivity index (χ1n) is 7.58. The Morgan fingerprint density at radius 3 is 2.54 bits per heavy atom. The number of amides is 1. The molecule has 3 aromatic rings. The molecule has 1 heterocycles. The van der Waals surface area contributed by atoms with Crippen molar-refractivity contribution in [3.05, 3.63) is 75.9 Å². The molecule has 2 aromatic carbocycles. The number of nitrogens with zero attached hydrogens (tertiary/aromatic N) is 1. The molecule has 2 N–H and O–H groups in total. The van der Waals surface area contributed by atoms with E-state index in [0.717, 1.165) is 22.2 Å². The first kappa shape index (κ1) is 18.2. The maximum atomic E-state index is 12.7. The summed E-state index contributed by atoms with van der Waals surface area (Å²) in [6, 6.07) is 13.8. The lowest BCUT2D eigenvalue weighted by Crippen LogP contribution is -2.23. The predicted octanol–water partition coefficient (Wildman–Crippen LogP) is 4.79. The zero-order chi connectivity index (χ0) is 18.7. The summed E-state index contributed by atoms with van der Waals surface area (Å²) in [7, 11) is 0. The maximum Gasteiger partial charge on any atom is 0.416 e. The minimum Gasteiger partial charge on any atom is -0.347 e. The summed E-state index contributed by atoms with van der Waals surface area (Å²) in [5.74, 6) is -0.446. The van der Waals surface area contributed by atoms with Gasteiger partial charge in [0.05, 0.1) is 11.3 Å². The van der Waals surface area contributed by atoms with Crippen LogP contribution in [-0.2, 0) is 12.7 Å². The van der Waals surface area contributed by atoms with Gasteiger partial charge < -0.3 is 5.32 Å². The standard InChI is InChI=1S/C18H13BrF3N3O/c19-14-6-4-12(5-7-14)15-9-16(25-24-15)17(26)23-10-11-2-1-3-13(8-11)18(20,21)22/h1-9H,10H2,(H,23,26)(H,24,25). The topological polar surface area (TPSA) is 57.8 Å². The summed E-state index contributed by atoms with van der Waals surface area (Å²) >= 11 is 3.34. The highest BCUT2D eigenvalue weighted by molar-refractivity contribution is 9.10. The highest BCUT2D eigenvalue weighted by Gasteiger charge is 2.30. The number of H-pyrrole nitrogens is 1. The van der Waals surface area contributed by atoms with Gasteiger partial charge >= 0.3 is 6.18 Å². The Morgan fingerprint density at radius 2 is 1.85 bits per heavy atom. The third kappa shape index (κ3) is 4.32. The first-order chi connectivity index (χ1) is 12.3. The molecular formula is C18H13BrF3N3O. The number of carbonyl (C=O) groups is 1. The molecule has 0 aliphatic rings. The average molecular weight is 424 g/mol. The van der Waals surface area contributed by atoms with Crippen LogP contribution in [0.3, 0.4) is 0 Å². The van der Waals surface area contributed by atoms with Crippen molar-refractivity contribution in [2.24, 2.45) is 0 Å². The summed E-state index contributed by atoms with van der Waals surface area (Å²) < 4.78 is 39.1. The molecule has 0 aliphatic heterocycles. The van der Waals surface area contributed by atoms with Crippen molar-refractivity contribution in [1.29, 1.82) is 0 Å². The third-order valence-electron chi connectivity index (χ3n) is 3.67. The van der Waals surface area contributed by atoms with Crippen LogP contribution >= 0.6 is 15.9 Å². The summed E-state index contributed by atoms with van der Waals surface area (Å²) in [5.41, 5.74) is 1.28. The summed E-state index contributed by atoms with van der Waals surface area (Å²) in [6.45, 7) is -0.0185. The lowest BCUT2D eigenvalue weighted by atomic mass is 10.1. The number of aromatic nitrogens is 2. The summed E-state index contributed by atoms with van der Waals surface area (Å²) in [5, 5.41) is 9.31. The molecule has 0 unspecified atom stereocenters. The summed E-state index contributed by atoms with van der Waals surface area (Å²) in [4.78, 5) is 12.2. The van der Waals surface area contributed by atoms with E-state index in [1.165, 1.54) is 12.1 Å². The number of hydrogen-bond donors (Lipinski definition) is 2. The van der Waals surface area contributed by atoms with Crippen molar-refractivity contribution in [2.45, 2.75) is 12.7 Å². The largest absolute Gasteiger partial charge is 0.416 e. The molecule has 0 spiro atoms. The van der Waals surface area contributed by atoms with E-state index in [0.29, 0.717) is 11.3 Å². The van der Waals surface area contributed by atoms with E-state index < -0.39 is 17.6 Å². The molecule has 134 valence electrons. The van der Waals surface area contributed by atoms with Crippen molar-refractivity contribution in [1.82, 2.24) is 15.5 Å². The molecular weight excluding hydrogens is 411 g/mol.